The molecule has 1 rings (SSSR count). The number of aromatic nitrogens is 1. The summed E-state index contributed by atoms with van der Waals surface area (Å²) in [6.07, 6.45) is 1.50. The van der Waals surface area contributed by atoms with Gasteiger partial charge in [0.2, 0.25) is 0 Å². The van der Waals surface area contributed by atoms with E-state index < -0.39 is 15.8 Å². The minimum Gasteiger partial charge on any atom is -0.478 e. The molecule has 1 aromatic rings. The van der Waals surface area contributed by atoms with E-state index >= 15 is 0 Å². The van der Waals surface area contributed by atoms with Crippen LogP contribution >= 0.6 is 0 Å². The van der Waals surface area contributed by atoms with Crippen molar-refractivity contribution in [3.8, 4) is 0 Å². The van der Waals surface area contributed by atoms with Crippen LogP contribution < -0.4 is 0 Å². The van der Waals surface area contributed by atoms with Crippen molar-refractivity contribution >= 4 is 15.8 Å². The molecule has 0 atom stereocenters. The van der Waals surface area contributed by atoms with Crippen LogP contribution in [0.25, 0.3) is 0 Å². The zero-order chi connectivity index (χ0) is 11.6. The number of hydrogen-bond acceptors (Lipinski definition) is 4. The first-order valence-corrected chi connectivity index (χ1v) is 6.18. The van der Waals surface area contributed by atoms with E-state index in [0.717, 1.165) is 6.26 Å². The number of aryl methyl sites for hydroxylation is 1. The van der Waals surface area contributed by atoms with Gasteiger partial charge in [0.05, 0.1) is 5.56 Å². The van der Waals surface area contributed by atoms with Crippen LogP contribution in [-0.4, -0.2) is 30.7 Å². The number of hydrogen-bond donors (Lipinski definition) is 1. The monoisotopic (exact) mass is 229 g/mol. The summed E-state index contributed by atoms with van der Waals surface area (Å²) in [6.45, 7) is 1.81. The van der Waals surface area contributed by atoms with E-state index in [0.29, 0.717) is 12.1 Å². The summed E-state index contributed by atoms with van der Waals surface area (Å²) in [6, 6.07) is 2.78. The highest BCUT2D eigenvalue weighted by molar-refractivity contribution is 7.90. The molecule has 0 aromatic carbocycles. The zero-order valence-corrected chi connectivity index (χ0v) is 9.21. The van der Waals surface area contributed by atoms with Gasteiger partial charge in [0.1, 0.15) is 0 Å². The van der Waals surface area contributed by atoms with E-state index in [9.17, 15) is 13.2 Å². The Hall–Kier alpha value is -1.43. The molecule has 82 valence electrons. The number of aromatic carboxylic acids is 1. The topological polar surface area (TPSA) is 84.3 Å². The molecule has 0 radical (unpaired) electrons. The predicted molar refractivity (Wildman–Crippen MR) is 53.7 cm³/mol. The fraction of sp³-hybridized carbons (Fsp3) is 0.333. The molecule has 0 unspecified atom stereocenters. The molecular formula is C9H11NO4S. The smallest absolute Gasteiger partial charge is 0.338 e. The Morgan fingerprint density at radius 1 is 1.47 bits per heavy atom. The highest BCUT2D eigenvalue weighted by Crippen LogP contribution is 2.14. The molecule has 1 N–H and O–H groups in total. The van der Waals surface area contributed by atoms with Gasteiger partial charge in [-0.1, -0.05) is 6.92 Å². The Morgan fingerprint density at radius 2 is 2.07 bits per heavy atom. The van der Waals surface area contributed by atoms with Crippen molar-refractivity contribution in [3.63, 3.8) is 0 Å². The van der Waals surface area contributed by atoms with E-state index in [1.807, 2.05) is 6.92 Å². The Bertz CT molecular complexity index is 493. The van der Waals surface area contributed by atoms with E-state index in [2.05, 4.69) is 4.98 Å². The molecule has 0 aliphatic heterocycles. The first-order chi connectivity index (χ1) is 6.86. The molecule has 0 spiro atoms. The number of carbonyl (C=O) groups is 1. The summed E-state index contributed by atoms with van der Waals surface area (Å²) in [7, 11) is -3.60. The average molecular weight is 229 g/mol. The largest absolute Gasteiger partial charge is 0.478 e. The molecule has 1 aromatic heterocycles. The summed E-state index contributed by atoms with van der Waals surface area (Å²) in [4.78, 5) is 14.6. The third-order valence-electron chi connectivity index (χ3n) is 1.86. The second-order valence-corrected chi connectivity index (χ2v) is 5.02. The lowest BCUT2D eigenvalue weighted by molar-refractivity contribution is 0.0691. The van der Waals surface area contributed by atoms with E-state index in [-0.39, 0.29) is 10.6 Å². The summed E-state index contributed by atoms with van der Waals surface area (Å²) < 4.78 is 22.6. The lowest BCUT2D eigenvalue weighted by atomic mass is 10.2. The van der Waals surface area contributed by atoms with Crippen LogP contribution in [0.1, 0.15) is 23.0 Å². The van der Waals surface area contributed by atoms with Gasteiger partial charge in [-0.25, -0.2) is 18.2 Å². The molecule has 5 nitrogen and oxygen atoms in total. The number of sulfone groups is 1. The highest BCUT2D eigenvalue weighted by Gasteiger charge is 2.20. The van der Waals surface area contributed by atoms with Crippen molar-refractivity contribution in [1.82, 2.24) is 4.98 Å². The van der Waals surface area contributed by atoms with Gasteiger partial charge in [-0.3, -0.25) is 0 Å². The van der Waals surface area contributed by atoms with Crippen molar-refractivity contribution in [1.29, 1.82) is 0 Å². The molecular weight excluding hydrogens is 218 g/mol. The predicted octanol–water partition coefficient (Wildman–Crippen LogP) is 0.746. The number of carboxylic acid groups (broad SMARTS) is 1. The molecule has 0 fully saturated rings. The molecule has 0 saturated heterocycles. The van der Waals surface area contributed by atoms with Crippen LogP contribution in [0.4, 0.5) is 0 Å². The van der Waals surface area contributed by atoms with Crippen LogP contribution in [0.2, 0.25) is 0 Å². The van der Waals surface area contributed by atoms with Gasteiger partial charge in [-0.05, 0) is 18.6 Å². The number of pyridine rings is 1. The van der Waals surface area contributed by atoms with Gasteiger partial charge in [0.25, 0.3) is 0 Å². The quantitative estimate of drug-likeness (QED) is 0.826. The third kappa shape index (κ3) is 2.53. The minimum atomic E-state index is -3.60. The Labute approximate surface area is 87.7 Å². The van der Waals surface area contributed by atoms with Crippen LogP contribution in [0.15, 0.2) is 17.2 Å². The maximum Gasteiger partial charge on any atom is 0.338 e. The van der Waals surface area contributed by atoms with Crippen molar-refractivity contribution in [2.24, 2.45) is 0 Å². The normalized spacial score (nSPS) is 11.3. The number of carboxylic acids is 1. The van der Waals surface area contributed by atoms with Crippen molar-refractivity contribution in [2.75, 3.05) is 6.26 Å². The van der Waals surface area contributed by atoms with E-state index in [1.165, 1.54) is 12.1 Å². The maximum atomic E-state index is 11.3. The van der Waals surface area contributed by atoms with Crippen molar-refractivity contribution < 1.29 is 18.3 Å². The number of nitrogens with zero attached hydrogens (tertiary/aromatic N) is 1. The molecule has 0 saturated carbocycles. The van der Waals surface area contributed by atoms with Gasteiger partial charge < -0.3 is 5.11 Å². The van der Waals surface area contributed by atoms with Gasteiger partial charge in [0.15, 0.2) is 14.9 Å². The molecule has 0 aliphatic rings. The van der Waals surface area contributed by atoms with Gasteiger partial charge in [-0.15, -0.1) is 0 Å². The third-order valence-corrected chi connectivity index (χ3v) is 2.88. The molecule has 6 heteroatoms. The Kier molecular flexibility index (Phi) is 3.09. The van der Waals surface area contributed by atoms with E-state index in [4.69, 9.17) is 5.11 Å². The van der Waals surface area contributed by atoms with Crippen LogP contribution in [-0.2, 0) is 16.3 Å². The number of rotatable bonds is 3. The summed E-state index contributed by atoms with van der Waals surface area (Å²) in [5.74, 6) is -1.29. The molecule has 1 heterocycles. The molecule has 0 bridgehead atoms. The van der Waals surface area contributed by atoms with Gasteiger partial charge in [-0.2, -0.15) is 0 Å². The summed E-state index contributed by atoms with van der Waals surface area (Å²) >= 11 is 0. The minimum absolute atomic E-state index is 0.283. The Morgan fingerprint density at radius 3 is 2.47 bits per heavy atom. The maximum absolute atomic E-state index is 11.3. The SMILES string of the molecule is CCc1ccc(C(=O)O)c(S(C)(=O)=O)n1. The highest BCUT2D eigenvalue weighted by atomic mass is 32.2. The standard InChI is InChI=1S/C9H11NO4S/c1-3-6-4-5-7(9(11)12)8(10-6)15(2,13)14/h4-5H,3H2,1-2H3,(H,11,12). The van der Waals surface area contributed by atoms with Crippen LogP contribution in [0.3, 0.4) is 0 Å². The second kappa shape index (κ2) is 3.98. The fourth-order valence-electron chi connectivity index (χ4n) is 1.12. The summed E-state index contributed by atoms with van der Waals surface area (Å²) in [5.41, 5.74) is 0.273. The summed E-state index contributed by atoms with van der Waals surface area (Å²) in [5, 5.41) is 8.42. The van der Waals surface area contributed by atoms with Crippen LogP contribution in [0.5, 0.6) is 0 Å². The first-order valence-electron chi connectivity index (χ1n) is 4.29. The Balaban J connectivity index is 3.50. The zero-order valence-electron chi connectivity index (χ0n) is 8.39. The first kappa shape index (κ1) is 11.6. The lowest BCUT2D eigenvalue weighted by Gasteiger charge is -2.04. The molecule has 15 heavy (non-hydrogen) atoms. The van der Waals surface area contributed by atoms with Crippen molar-refractivity contribution in [3.05, 3.63) is 23.4 Å². The molecule has 0 amide bonds. The van der Waals surface area contributed by atoms with Crippen molar-refractivity contribution in [2.45, 2.75) is 18.4 Å². The van der Waals surface area contributed by atoms with Crippen LogP contribution in [0, 0.1) is 0 Å². The van der Waals surface area contributed by atoms with E-state index in [1.54, 1.807) is 0 Å². The molecule has 0 aliphatic carbocycles. The lowest BCUT2D eigenvalue weighted by Crippen LogP contribution is -2.11. The average Bonchev–Trinajstić information content (AvgIpc) is 2.15. The fourth-order valence-corrected chi connectivity index (χ4v) is 1.96. The van der Waals surface area contributed by atoms with Gasteiger partial charge in [0, 0.05) is 11.9 Å². The van der Waals surface area contributed by atoms with Gasteiger partial charge >= 0.3 is 5.97 Å². The second-order valence-electron chi connectivity index (χ2n) is 3.09.